The molecule has 0 N–H and O–H groups in total. The standard InChI is InChI=1S/C19H21FN2O2/c20-18-2-1-3-19(21-18)24-16-7-10-22(13-16)9-6-14-4-5-17-15(12-14)8-11-23-17/h1-5,12,16H,6-11,13H2. The number of aromatic nitrogens is 1. The minimum absolute atomic E-state index is 0.0905. The van der Waals surface area contributed by atoms with Crippen LogP contribution in [0.5, 0.6) is 11.6 Å². The Balaban J connectivity index is 1.28. The summed E-state index contributed by atoms with van der Waals surface area (Å²) < 4.78 is 24.5. The average molecular weight is 328 g/mol. The number of hydrogen-bond acceptors (Lipinski definition) is 4. The van der Waals surface area contributed by atoms with E-state index in [0.29, 0.717) is 5.88 Å². The van der Waals surface area contributed by atoms with Crippen molar-refractivity contribution in [3.63, 3.8) is 0 Å². The summed E-state index contributed by atoms with van der Waals surface area (Å²) in [7, 11) is 0. The normalized spacial score (nSPS) is 20.0. The number of rotatable bonds is 5. The maximum Gasteiger partial charge on any atom is 0.216 e. The maximum absolute atomic E-state index is 13.1. The van der Waals surface area contributed by atoms with Crippen LogP contribution in [0.15, 0.2) is 36.4 Å². The van der Waals surface area contributed by atoms with Crippen LogP contribution in [-0.4, -0.2) is 42.2 Å². The van der Waals surface area contributed by atoms with E-state index in [0.717, 1.165) is 51.3 Å². The first-order valence-corrected chi connectivity index (χ1v) is 8.52. The number of benzene rings is 1. The first-order valence-electron chi connectivity index (χ1n) is 8.52. The number of ether oxygens (including phenoxy) is 2. The Labute approximate surface area is 141 Å². The SMILES string of the molecule is Fc1cccc(OC2CCN(CCc3ccc4c(c3)CCO4)C2)n1. The zero-order chi connectivity index (χ0) is 16.4. The van der Waals surface area contributed by atoms with Crippen LogP contribution in [0.4, 0.5) is 4.39 Å². The molecule has 4 rings (SSSR count). The molecule has 0 radical (unpaired) electrons. The van der Waals surface area contributed by atoms with E-state index in [1.54, 1.807) is 12.1 Å². The Hall–Kier alpha value is -2.14. The van der Waals surface area contributed by atoms with Crippen molar-refractivity contribution >= 4 is 0 Å². The Morgan fingerprint density at radius 2 is 2.25 bits per heavy atom. The Bertz CT molecular complexity index is 722. The number of hydrogen-bond donors (Lipinski definition) is 0. The molecule has 0 aliphatic carbocycles. The van der Waals surface area contributed by atoms with E-state index >= 15 is 0 Å². The second-order valence-corrected chi connectivity index (χ2v) is 6.42. The van der Waals surface area contributed by atoms with Crippen LogP contribution in [0.25, 0.3) is 0 Å². The molecule has 2 aliphatic rings. The van der Waals surface area contributed by atoms with Gasteiger partial charge in [-0.25, -0.2) is 0 Å². The summed E-state index contributed by atoms with van der Waals surface area (Å²) in [4.78, 5) is 6.17. The molecular weight excluding hydrogens is 307 g/mol. The molecule has 1 atom stereocenters. The monoisotopic (exact) mass is 328 g/mol. The lowest BCUT2D eigenvalue weighted by Crippen LogP contribution is -2.27. The molecule has 1 aromatic carbocycles. The maximum atomic E-state index is 13.1. The van der Waals surface area contributed by atoms with Crippen LogP contribution in [0, 0.1) is 5.95 Å². The topological polar surface area (TPSA) is 34.6 Å². The van der Waals surface area contributed by atoms with Crippen molar-refractivity contribution < 1.29 is 13.9 Å². The third-order valence-electron chi connectivity index (χ3n) is 4.68. The Morgan fingerprint density at radius 3 is 3.17 bits per heavy atom. The van der Waals surface area contributed by atoms with Gasteiger partial charge in [0.2, 0.25) is 11.8 Å². The van der Waals surface area contributed by atoms with Crippen molar-refractivity contribution in [1.29, 1.82) is 0 Å². The highest BCUT2D eigenvalue weighted by Gasteiger charge is 2.24. The van der Waals surface area contributed by atoms with Gasteiger partial charge >= 0.3 is 0 Å². The number of halogens is 1. The molecule has 5 heteroatoms. The fourth-order valence-electron chi connectivity index (χ4n) is 3.41. The lowest BCUT2D eigenvalue weighted by molar-refractivity contribution is 0.191. The van der Waals surface area contributed by atoms with Gasteiger partial charge < -0.3 is 9.47 Å². The predicted molar refractivity (Wildman–Crippen MR) is 89.0 cm³/mol. The van der Waals surface area contributed by atoms with Gasteiger partial charge in [-0.1, -0.05) is 18.2 Å². The Morgan fingerprint density at radius 1 is 1.29 bits per heavy atom. The zero-order valence-corrected chi connectivity index (χ0v) is 13.6. The minimum atomic E-state index is -0.497. The molecule has 126 valence electrons. The molecule has 1 fully saturated rings. The summed E-state index contributed by atoms with van der Waals surface area (Å²) in [5, 5.41) is 0. The fraction of sp³-hybridized carbons (Fsp3) is 0.421. The van der Waals surface area contributed by atoms with Gasteiger partial charge in [-0.15, -0.1) is 0 Å². The number of likely N-dealkylation sites (tertiary alicyclic amines) is 1. The van der Waals surface area contributed by atoms with Crippen LogP contribution in [0.2, 0.25) is 0 Å². The molecule has 1 unspecified atom stereocenters. The van der Waals surface area contributed by atoms with Crippen molar-refractivity contribution in [2.45, 2.75) is 25.4 Å². The van der Waals surface area contributed by atoms with Gasteiger partial charge in [0, 0.05) is 32.1 Å². The van der Waals surface area contributed by atoms with Crippen LogP contribution >= 0.6 is 0 Å². The highest BCUT2D eigenvalue weighted by atomic mass is 19.1. The van der Waals surface area contributed by atoms with Gasteiger partial charge in [0.15, 0.2) is 0 Å². The van der Waals surface area contributed by atoms with E-state index in [9.17, 15) is 4.39 Å². The molecule has 24 heavy (non-hydrogen) atoms. The third kappa shape index (κ3) is 3.51. The van der Waals surface area contributed by atoms with Crippen molar-refractivity contribution in [3.8, 4) is 11.6 Å². The highest BCUT2D eigenvalue weighted by molar-refractivity contribution is 5.39. The summed E-state index contributed by atoms with van der Waals surface area (Å²) in [5.41, 5.74) is 2.68. The van der Waals surface area contributed by atoms with E-state index < -0.39 is 5.95 Å². The molecule has 4 nitrogen and oxygen atoms in total. The summed E-state index contributed by atoms with van der Waals surface area (Å²) in [5.74, 6) is 0.916. The summed E-state index contributed by atoms with van der Waals surface area (Å²) in [6.45, 7) is 3.69. The molecule has 2 aromatic rings. The lowest BCUT2D eigenvalue weighted by Gasteiger charge is -2.16. The second kappa shape index (κ2) is 6.77. The first kappa shape index (κ1) is 15.4. The van der Waals surface area contributed by atoms with Gasteiger partial charge in [-0.2, -0.15) is 9.37 Å². The van der Waals surface area contributed by atoms with Crippen molar-refractivity contribution in [2.24, 2.45) is 0 Å². The summed E-state index contributed by atoms with van der Waals surface area (Å²) >= 11 is 0. The second-order valence-electron chi connectivity index (χ2n) is 6.42. The molecule has 1 saturated heterocycles. The lowest BCUT2D eigenvalue weighted by atomic mass is 10.1. The van der Waals surface area contributed by atoms with Crippen LogP contribution in [0.3, 0.4) is 0 Å². The number of fused-ring (bicyclic) bond motifs is 1. The van der Waals surface area contributed by atoms with Gasteiger partial charge in [0.05, 0.1) is 6.61 Å². The quantitative estimate of drug-likeness (QED) is 0.791. The zero-order valence-electron chi connectivity index (χ0n) is 13.6. The summed E-state index contributed by atoms with van der Waals surface area (Å²) in [6.07, 6.45) is 3.09. The van der Waals surface area contributed by atoms with Gasteiger partial charge in [-0.3, -0.25) is 4.90 Å². The Kier molecular flexibility index (Phi) is 4.34. The molecule has 3 heterocycles. The van der Waals surface area contributed by atoms with E-state index in [1.165, 1.54) is 17.2 Å². The van der Waals surface area contributed by atoms with Gasteiger partial charge in [0.25, 0.3) is 0 Å². The first-order chi connectivity index (χ1) is 11.8. The molecule has 0 amide bonds. The molecular formula is C19H21FN2O2. The summed E-state index contributed by atoms with van der Waals surface area (Å²) in [6, 6.07) is 11.2. The smallest absolute Gasteiger partial charge is 0.216 e. The molecule has 2 aliphatic heterocycles. The average Bonchev–Trinajstić information content (AvgIpc) is 3.21. The molecule has 0 bridgehead atoms. The van der Waals surface area contributed by atoms with E-state index in [2.05, 4.69) is 28.1 Å². The molecule has 0 spiro atoms. The third-order valence-corrected chi connectivity index (χ3v) is 4.68. The van der Waals surface area contributed by atoms with Gasteiger partial charge in [0.1, 0.15) is 11.9 Å². The van der Waals surface area contributed by atoms with E-state index in [4.69, 9.17) is 9.47 Å². The van der Waals surface area contributed by atoms with E-state index in [-0.39, 0.29) is 6.10 Å². The predicted octanol–water partition coefficient (Wildman–Crippen LogP) is 2.85. The van der Waals surface area contributed by atoms with Crippen molar-refractivity contribution in [1.82, 2.24) is 9.88 Å². The number of pyridine rings is 1. The molecule has 1 aromatic heterocycles. The van der Waals surface area contributed by atoms with Gasteiger partial charge in [-0.05, 0) is 36.1 Å². The molecule has 0 saturated carbocycles. The van der Waals surface area contributed by atoms with Crippen molar-refractivity contribution in [2.75, 3.05) is 26.2 Å². The van der Waals surface area contributed by atoms with Crippen LogP contribution < -0.4 is 9.47 Å². The highest BCUT2D eigenvalue weighted by Crippen LogP contribution is 2.26. The fourth-order valence-corrected chi connectivity index (χ4v) is 3.41. The van der Waals surface area contributed by atoms with Crippen molar-refractivity contribution in [3.05, 3.63) is 53.5 Å². The number of nitrogens with zero attached hydrogens (tertiary/aromatic N) is 2. The van der Waals surface area contributed by atoms with E-state index in [1.807, 2.05) is 0 Å². The minimum Gasteiger partial charge on any atom is -0.493 e. The van der Waals surface area contributed by atoms with Crippen LogP contribution in [0.1, 0.15) is 17.5 Å². The largest absolute Gasteiger partial charge is 0.493 e. The van der Waals surface area contributed by atoms with Crippen LogP contribution in [-0.2, 0) is 12.8 Å².